The third-order valence-corrected chi connectivity index (χ3v) is 2.10. The van der Waals surface area contributed by atoms with Crippen LogP contribution in [0.5, 0.6) is 0 Å². The second-order valence-corrected chi connectivity index (χ2v) is 2.86. The van der Waals surface area contributed by atoms with Gasteiger partial charge in [0.2, 0.25) is 0 Å². The molecule has 0 aliphatic heterocycles. The molecule has 11 heavy (non-hydrogen) atoms. The lowest BCUT2D eigenvalue weighted by molar-refractivity contribution is 0.0949. The number of nitrogens with zero attached hydrogens (tertiary/aromatic N) is 2. The Morgan fingerprint density at radius 1 is 1.82 bits per heavy atom. The molecule has 0 spiro atoms. The van der Waals surface area contributed by atoms with Crippen LogP contribution >= 0.6 is 15.9 Å². The molecule has 0 saturated heterocycles. The van der Waals surface area contributed by atoms with Gasteiger partial charge in [-0.15, -0.1) is 0 Å². The van der Waals surface area contributed by atoms with Crippen molar-refractivity contribution in [1.29, 1.82) is 0 Å². The largest absolute Gasteiger partial charge is 0.352 e. The van der Waals surface area contributed by atoms with E-state index in [1.807, 2.05) is 0 Å². The van der Waals surface area contributed by atoms with E-state index in [1.165, 1.54) is 0 Å². The topological polar surface area (TPSA) is 46.9 Å². The molecule has 0 saturated carbocycles. The number of hydrogen-bond acceptors (Lipinski definition) is 2. The van der Waals surface area contributed by atoms with Crippen LogP contribution in [0.15, 0.2) is 10.8 Å². The molecule has 0 unspecified atom stereocenters. The molecular weight excluding hydrogens is 210 g/mol. The molecule has 1 N–H and O–H groups in total. The predicted molar refractivity (Wildman–Crippen MR) is 44.3 cm³/mol. The highest BCUT2D eigenvalue weighted by Crippen LogP contribution is 2.09. The van der Waals surface area contributed by atoms with E-state index in [4.69, 9.17) is 0 Å². The Labute approximate surface area is 72.7 Å². The standard InChI is InChI=1S/C6H8BrN3O/c1-8-6(11)5-9-3-4(7)10(5)2/h3H,1-2H3,(H,8,11). The van der Waals surface area contributed by atoms with Gasteiger partial charge in [-0.05, 0) is 15.9 Å². The number of rotatable bonds is 1. The highest BCUT2D eigenvalue weighted by molar-refractivity contribution is 9.10. The van der Waals surface area contributed by atoms with Gasteiger partial charge in [0.15, 0.2) is 5.82 Å². The van der Waals surface area contributed by atoms with Crippen LogP contribution in [-0.2, 0) is 7.05 Å². The third kappa shape index (κ3) is 1.42. The van der Waals surface area contributed by atoms with E-state index in [-0.39, 0.29) is 5.91 Å². The maximum Gasteiger partial charge on any atom is 0.287 e. The molecule has 1 aromatic rings. The van der Waals surface area contributed by atoms with Gasteiger partial charge in [-0.3, -0.25) is 4.79 Å². The maximum atomic E-state index is 11.0. The molecule has 0 aromatic carbocycles. The lowest BCUT2D eigenvalue weighted by Gasteiger charge is -1.99. The van der Waals surface area contributed by atoms with Crippen molar-refractivity contribution in [2.75, 3.05) is 7.05 Å². The maximum absolute atomic E-state index is 11.0. The van der Waals surface area contributed by atoms with Gasteiger partial charge < -0.3 is 9.88 Å². The van der Waals surface area contributed by atoms with Crippen LogP contribution in [0.3, 0.4) is 0 Å². The van der Waals surface area contributed by atoms with Gasteiger partial charge in [0.25, 0.3) is 5.91 Å². The zero-order chi connectivity index (χ0) is 8.43. The fourth-order valence-corrected chi connectivity index (χ4v) is 0.982. The summed E-state index contributed by atoms with van der Waals surface area (Å²) in [6.07, 6.45) is 1.59. The number of carbonyl (C=O) groups excluding carboxylic acids is 1. The first kappa shape index (κ1) is 8.26. The van der Waals surface area contributed by atoms with E-state index < -0.39 is 0 Å². The van der Waals surface area contributed by atoms with Crippen LogP contribution in [0.1, 0.15) is 10.6 Å². The number of amides is 1. The molecule has 0 radical (unpaired) electrons. The zero-order valence-electron chi connectivity index (χ0n) is 6.26. The van der Waals surface area contributed by atoms with Crippen molar-refractivity contribution >= 4 is 21.8 Å². The Bertz CT molecular complexity index is 281. The molecule has 1 heterocycles. The number of carbonyl (C=O) groups is 1. The van der Waals surface area contributed by atoms with Crippen molar-refractivity contribution in [1.82, 2.24) is 14.9 Å². The number of hydrogen-bond donors (Lipinski definition) is 1. The molecular formula is C6H8BrN3O. The van der Waals surface area contributed by atoms with Crippen LogP contribution in [0.2, 0.25) is 0 Å². The minimum absolute atomic E-state index is 0.182. The Hall–Kier alpha value is -0.840. The van der Waals surface area contributed by atoms with Crippen molar-refractivity contribution in [3.8, 4) is 0 Å². The van der Waals surface area contributed by atoms with Crippen molar-refractivity contribution < 1.29 is 4.79 Å². The molecule has 60 valence electrons. The second kappa shape index (κ2) is 3.04. The van der Waals surface area contributed by atoms with E-state index in [0.29, 0.717) is 5.82 Å². The lowest BCUT2D eigenvalue weighted by Crippen LogP contribution is -2.21. The highest BCUT2D eigenvalue weighted by atomic mass is 79.9. The molecule has 4 nitrogen and oxygen atoms in total. The number of halogens is 1. The second-order valence-electron chi connectivity index (χ2n) is 2.04. The SMILES string of the molecule is CNC(=O)c1ncc(Br)n1C. The van der Waals surface area contributed by atoms with Gasteiger partial charge in [-0.2, -0.15) is 0 Å². The summed E-state index contributed by atoms with van der Waals surface area (Å²) in [5, 5.41) is 2.49. The lowest BCUT2D eigenvalue weighted by atomic mass is 10.5. The van der Waals surface area contributed by atoms with Gasteiger partial charge in [-0.1, -0.05) is 0 Å². The summed E-state index contributed by atoms with van der Waals surface area (Å²) in [5.74, 6) is 0.220. The number of nitrogens with one attached hydrogen (secondary N) is 1. The summed E-state index contributed by atoms with van der Waals surface area (Å²) in [6.45, 7) is 0. The number of imidazole rings is 1. The first-order chi connectivity index (χ1) is 5.16. The Morgan fingerprint density at radius 3 is 2.82 bits per heavy atom. The quantitative estimate of drug-likeness (QED) is 0.747. The van der Waals surface area contributed by atoms with Crippen LogP contribution in [-0.4, -0.2) is 22.5 Å². The molecule has 1 amide bonds. The molecule has 0 fully saturated rings. The van der Waals surface area contributed by atoms with E-state index in [0.717, 1.165) is 4.60 Å². The van der Waals surface area contributed by atoms with E-state index in [1.54, 1.807) is 24.9 Å². The third-order valence-electron chi connectivity index (χ3n) is 1.36. The van der Waals surface area contributed by atoms with Crippen molar-refractivity contribution in [3.63, 3.8) is 0 Å². The average Bonchev–Trinajstić information content (AvgIpc) is 2.32. The van der Waals surface area contributed by atoms with Crippen LogP contribution in [0.4, 0.5) is 0 Å². The van der Waals surface area contributed by atoms with Crippen molar-refractivity contribution in [2.24, 2.45) is 7.05 Å². The molecule has 0 aliphatic carbocycles. The van der Waals surface area contributed by atoms with Crippen molar-refractivity contribution in [2.45, 2.75) is 0 Å². The van der Waals surface area contributed by atoms with Gasteiger partial charge in [0.1, 0.15) is 4.60 Å². The smallest absolute Gasteiger partial charge is 0.287 e. The summed E-state index contributed by atoms with van der Waals surface area (Å²) < 4.78 is 2.45. The predicted octanol–water partition coefficient (Wildman–Crippen LogP) is 0.542. The van der Waals surface area contributed by atoms with Gasteiger partial charge >= 0.3 is 0 Å². The first-order valence-corrected chi connectivity index (χ1v) is 3.85. The molecule has 0 atom stereocenters. The first-order valence-electron chi connectivity index (χ1n) is 3.06. The van der Waals surface area contributed by atoms with E-state index >= 15 is 0 Å². The van der Waals surface area contributed by atoms with Gasteiger partial charge in [0, 0.05) is 14.1 Å². The highest BCUT2D eigenvalue weighted by Gasteiger charge is 2.10. The molecule has 0 aliphatic rings. The summed E-state index contributed by atoms with van der Waals surface area (Å²) in [6, 6.07) is 0. The van der Waals surface area contributed by atoms with Gasteiger partial charge in [-0.25, -0.2) is 4.98 Å². The normalized spacial score (nSPS) is 9.73. The fourth-order valence-electron chi connectivity index (χ4n) is 0.712. The summed E-state index contributed by atoms with van der Waals surface area (Å²) >= 11 is 3.23. The van der Waals surface area contributed by atoms with Crippen LogP contribution < -0.4 is 5.32 Å². The Kier molecular flexibility index (Phi) is 2.28. The van der Waals surface area contributed by atoms with E-state index in [2.05, 4.69) is 26.2 Å². The van der Waals surface area contributed by atoms with E-state index in [9.17, 15) is 4.79 Å². The monoisotopic (exact) mass is 217 g/mol. The minimum Gasteiger partial charge on any atom is -0.352 e. The number of aromatic nitrogens is 2. The molecule has 5 heteroatoms. The minimum atomic E-state index is -0.182. The summed E-state index contributed by atoms with van der Waals surface area (Å²) in [4.78, 5) is 14.9. The summed E-state index contributed by atoms with van der Waals surface area (Å²) in [5.41, 5.74) is 0. The van der Waals surface area contributed by atoms with Crippen LogP contribution in [0.25, 0.3) is 0 Å². The molecule has 0 bridgehead atoms. The molecule has 1 rings (SSSR count). The average molecular weight is 218 g/mol. The fraction of sp³-hybridized carbons (Fsp3) is 0.333. The van der Waals surface area contributed by atoms with Crippen LogP contribution in [0, 0.1) is 0 Å². The van der Waals surface area contributed by atoms with Crippen molar-refractivity contribution in [3.05, 3.63) is 16.6 Å². The Morgan fingerprint density at radius 2 is 2.45 bits per heavy atom. The zero-order valence-corrected chi connectivity index (χ0v) is 7.84. The Balaban J connectivity index is 3.04. The summed E-state index contributed by atoms with van der Waals surface area (Å²) in [7, 11) is 3.34. The van der Waals surface area contributed by atoms with Gasteiger partial charge in [0.05, 0.1) is 6.20 Å². The molecule has 1 aromatic heterocycles.